The largest absolute Gasteiger partial charge is 0.390 e. The summed E-state index contributed by atoms with van der Waals surface area (Å²) in [5, 5.41) is 17.9. The maximum absolute atomic E-state index is 9.02. The van der Waals surface area contributed by atoms with Gasteiger partial charge in [0, 0.05) is 0 Å². The van der Waals surface area contributed by atoms with E-state index in [0.29, 0.717) is 5.92 Å². The molecule has 0 bridgehead atoms. The fourth-order valence-electron chi connectivity index (χ4n) is 1.15. The molecule has 2 nitrogen and oxygen atoms in total. The highest BCUT2D eigenvalue weighted by Crippen LogP contribution is 2.24. The summed E-state index contributed by atoms with van der Waals surface area (Å²) in [6, 6.07) is 0. The van der Waals surface area contributed by atoms with Gasteiger partial charge in [-0.3, -0.25) is 0 Å². The molecule has 0 saturated heterocycles. The molecule has 0 aromatic heterocycles. The minimum absolute atomic E-state index is 0.296. The Kier molecular flexibility index (Phi) is 1.54. The van der Waals surface area contributed by atoms with Crippen LogP contribution in [0.1, 0.15) is 19.8 Å². The smallest absolute Gasteiger partial charge is 0.0824 e. The van der Waals surface area contributed by atoms with Crippen molar-refractivity contribution in [3.63, 3.8) is 0 Å². The summed E-state index contributed by atoms with van der Waals surface area (Å²) < 4.78 is 0. The maximum Gasteiger partial charge on any atom is 0.0824 e. The number of aliphatic hydroxyl groups excluding tert-OH is 2. The van der Waals surface area contributed by atoms with Crippen LogP contribution >= 0.6 is 0 Å². The minimum Gasteiger partial charge on any atom is -0.390 e. The molecule has 0 unspecified atom stereocenters. The Labute approximate surface area is 49.1 Å². The lowest BCUT2D eigenvalue weighted by Gasteiger charge is -2.09. The molecular weight excluding hydrogens is 104 g/mol. The SMILES string of the molecule is C[C@H]1CC[C@H](O)[C@@H]1O. The molecule has 0 heterocycles. The van der Waals surface area contributed by atoms with Crippen LogP contribution in [0.4, 0.5) is 0 Å². The maximum atomic E-state index is 9.02. The van der Waals surface area contributed by atoms with Crippen LogP contribution in [-0.4, -0.2) is 22.4 Å². The summed E-state index contributed by atoms with van der Waals surface area (Å²) in [6.07, 6.45) is 0.810. The molecule has 48 valence electrons. The van der Waals surface area contributed by atoms with Gasteiger partial charge in [0.2, 0.25) is 0 Å². The Morgan fingerprint density at radius 3 is 2.00 bits per heavy atom. The number of rotatable bonds is 0. The highest BCUT2D eigenvalue weighted by molar-refractivity contribution is 4.80. The van der Waals surface area contributed by atoms with E-state index in [2.05, 4.69) is 0 Å². The molecule has 2 N–H and O–H groups in total. The molecule has 0 aromatic carbocycles. The van der Waals surface area contributed by atoms with E-state index < -0.39 is 12.2 Å². The molecule has 1 aliphatic rings. The van der Waals surface area contributed by atoms with Crippen molar-refractivity contribution in [3.05, 3.63) is 0 Å². The molecule has 1 fully saturated rings. The Hall–Kier alpha value is -0.0800. The minimum atomic E-state index is -0.463. The van der Waals surface area contributed by atoms with Crippen LogP contribution in [-0.2, 0) is 0 Å². The second-order valence-electron chi connectivity index (χ2n) is 2.61. The van der Waals surface area contributed by atoms with Gasteiger partial charge in [0.25, 0.3) is 0 Å². The summed E-state index contributed by atoms with van der Waals surface area (Å²) in [4.78, 5) is 0. The normalized spacial score (nSPS) is 47.6. The lowest BCUT2D eigenvalue weighted by Crippen LogP contribution is -2.22. The van der Waals surface area contributed by atoms with E-state index in [4.69, 9.17) is 10.2 Å². The zero-order valence-electron chi connectivity index (χ0n) is 5.04. The Morgan fingerprint density at radius 1 is 1.25 bits per heavy atom. The Morgan fingerprint density at radius 2 is 1.88 bits per heavy atom. The van der Waals surface area contributed by atoms with Gasteiger partial charge in [-0.1, -0.05) is 6.92 Å². The van der Waals surface area contributed by atoms with Gasteiger partial charge in [-0.05, 0) is 18.8 Å². The lowest BCUT2D eigenvalue weighted by molar-refractivity contribution is 0.0245. The molecule has 0 radical (unpaired) electrons. The number of aliphatic hydroxyl groups is 2. The molecule has 2 heteroatoms. The molecule has 8 heavy (non-hydrogen) atoms. The van der Waals surface area contributed by atoms with Crippen LogP contribution < -0.4 is 0 Å². The van der Waals surface area contributed by atoms with Crippen molar-refractivity contribution in [2.24, 2.45) is 5.92 Å². The molecular formula is C6H12O2. The standard InChI is InChI=1S/C6H12O2/c1-4-2-3-5(7)6(4)8/h4-8H,2-3H2,1H3/t4-,5-,6+/m0/s1. The first-order chi connectivity index (χ1) is 3.72. The Bertz CT molecular complexity index is 72.6. The monoisotopic (exact) mass is 116 g/mol. The van der Waals surface area contributed by atoms with Gasteiger partial charge < -0.3 is 10.2 Å². The van der Waals surface area contributed by atoms with Gasteiger partial charge in [0.1, 0.15) is 0 Å². The summed E-state index contributed by atoms with van der Waals surface area (Å²) in [7, 11) is 0. The molecule has 0 aliphatic heterocycles. The molecule has 0 spiro atoms. The van der Waals surface area contributed by atoms with Gasteiger partial charge in [0.05, 0.1) is 12.2 Å². The van der Waals surface area contributed by atoms with Crippen molar-refractivity contribution in [3.8, 4) is 0 Å². The number of hydrogen-bond acceptors (Lipinski definition) is 2. The van der Waals surface area contributed by atoms with E-state index in [9.17, 15) is 0 Å². The van der Waals surface area contributed by atoms with E-state index in [1.54, 1.807) is 0 Å². The van der Waals surface area contributed by atoms with E-state index in [1.807, 2.05) is 6.92 Å². The highest BCUT2D eigenvalue weighted by Gasteiger charge is 2.29. The first-order valence-electron chi connectivity index (χ1n) is 3.08. The second kappa shape index (κ2) is 2.03. The summed E-state index contributed by atoms with van der Waals surface area (Å²) >= 11 is 0. The van der Waals surface area contributed by atoms with Gasteiger partial charge in [-0.2, -0.15) is 0 Å². The molecule has 1 rings (SSSR count). The summed E-state index contributed by atoms with van der Waals surface area (Å²) in [6.45, 7) is 1.96. The van der Waals surface area contributed by atoms with Crippen molar-refractivity contribution in [1.29, 1.82) is 0 Å². The van der Waals surface area contributed by atoms with Gasteiger partial charge in [-0.15, -0.1) is 0 Å². The van der Waals surface area contributed by atoms with Crippen molar-refractivity contribution in [1.82, 2.24) is 0 Å². The predicted molar refractivity (Wildman–Crippen MR) is 30.4 cm³/mol. The van der Waals surface area contributed by atoms with E-state index in [0.717, 1.165) is 12.8 Å². The summed E-state index contributed by atoms with van der Waals surface area (Å²) in [5.74, 6) is 0.296. The highest BCUT2D eigenvalue weighted by atomic mass is 16.3. The summed E-state index contributed by atoms with van der Waals surface area (Å²) in [5.41, 5.74) is 0. The van der Waals surface area contributed by atoms with Crippen molar-refractivity contribution in [2.45, 2.75) is 32.0 Å². The first-order valence-corrected chi connectivity index (χ1v) is 3.08. The fraction of sp³-hybridized carbons (Fsp3) is 1.00. The fourth-order valence-corrected chi connectivity index (χ4v) is 1.15. The van der Waals surface area contributed by atoms with Gasteiger partial charge in [0.15, 0.2) is 0 Å². The van der Waals surface area contributed by atoms with Crippen molar-refractivity contribution < 1.29 is 10.2 Å². The number of hydrogen-bond donors (Lipinski definition) is 2. The molecule has 3 atom stereocenters. The molecule has 0 aromatic rings. The average Bonchev–Trinajstić information content (AvgIpc) is 1.98. The predicted octanol–water partition coefficient (Wildman–Crippen LogP) is 0.138. The van der Waals surface area contributed by atoms with E-state index >= 15 is 0 Å². The average molecular weight is 116 g/mol. The molecule has 1 aliphatic carbocycles. The zero-order chi connectivity index (χ0) is 6.15. The van der Waals surface area contributed by atoms with Crippen molar-refractivity contribution >= 4 is 0 Å². The first kappa shape index (κ1) is 6.05. The van der Waals surface area contributed by atoms with Crippen LogP contribution in [0.5, 0.6) is 0 Å². The van der Waals surface area contributed by atoms with E-state index in [1.165, 1.54) is 0 Å². The third-order valence-electron chi connectivity index (χ3n) is 1.90. The van der Waals surface area contributed by atoms with E-state index in [-0.39, 0.29) is 0 Å². The van der Waals surface area contributed by atoms with Crippen LogP contribution in [0.15, 0.2) is 0 Å². The van der Waals surface area contributed by atoms with Crippen LogP contribution in [0.3, 0.4) is 0 Å². The second-order valence-corrected chi connectivity index (χ2v) is 2.61. The van der Waals surface area contributed by atoms with Gasteiger partial charge in [-0.25, -0.2) is 0 Å². The topological polar surface area (TPSA) is 40.5 Å². The quantitative estimate of drug-likeness (QED) is 0.472. The Balaban J connectivity index is 2.44. The zero-order valence-corrected chi connectivity index (χ0v) is 5.04. The van der Waals surface area contributed by atoms with Gasteiger partial charge >= 0.3 is 0 Å². The van der Waals surface area contributed by atoms with Crippen molar-refractivity contribution in [2.75, 3.05) is 0 Å². The lowest BCUT2D eigenvalue weighted by atomic mass is 10.1. The molecule has 1 saturated carbocycles. The third-order valence-corrected chi connectivity index (χ3v) is 1.90. The van der Waals surface area contributed by atoms with Crippen LogP contribution in [0.25, 0.3) is 0 Å². The van der Waals surface area contributed by atoms with Crippen LogP contribution in [0.2, 0.25) is 0 Å². The van der Waals surface area contributed by atoms with Crippen LogP contribution in [0, 0.1) is 5.92 Å². The molecule has 0 amide bonds. The third kappa shape index (κ3) is 0.858.